The molecule has 0 aliphatic heterocycles. The van der Waals surface area contributed by atoms with Crippen molar-refractivity contribution in [3.63, 3.8) is 0 Å². The predicted octanol–water partition coefficient (Wildman–Crippen LogP) is 5.09. The van der Waals surface area contributed by atoms with E-state index in [0.717, 1.165) is 11.3 Å². The second-order valence-corrected chi connectivity index (χ2v) is 7.66. The van der Waals surface area contributed by atoms with Crippen LogP contribution in [0, 0.1) is 6.92 Å². The Hall–Kier alpha value is -2.91. The number of thiophene rings is 1. The van der Waals surface area contributed by atoms with E-state index in [1.807, 2.05) is 6.07 Å². The van der Waals surface area contributed by atoms with Gasteiger partial charge in [0.2, 0.25) is 0 Å². The second kappa shape index (κ2) is 9.06. The van der Waals surface area contributed by atoms with Gasteiger partial charge in [-0.15, -0.1) is 11.3 Å². The monoisotopic (exact) mass is 476 g/mol. The van der Waals surface area contributed by atoms with Gasteiger partial charge in [-0.1, -0.05) is 18.2 Å². The van der Waals surface area contributed by atoms with Gasteiger partial charge in [-0.25, -0.2) is 4.79 Å². The van der Waals surface area contributed by atoms with Crippen LogP contribution in [-0.2, 0) is 4.74 Å². The number of para-hydroxylation sites is 1. The summed E-state index contributed by atoms with van der Waals surface area (Å²) in [6.45, 7) is 3.49. The van der Waals surface area contributed by atoms with Gasteiger partial charge >= 0.3 is 5.97 Å². The Kier molecular flexibility index (Phi) is 6.50. The van der Waals surface area contributed by atoms with E-state index in [-0.39, 0.29) is 28.8 Å². The molecule has 0 fully saturated rings. The van der Waals surface area contributed by atoms with E-state index in [4.69, 9.17) is 9.15 Å². The number of carbonyl (C=O) groups excluding carboxylic acids is 3. The molecule has 1 aromatic carbocycles. The summed E-state index contributed by atoms with van der Waals surface area (Å²) < 4.78 is 10.8. The van der Waals surface area contributed by atoms with Crippen molar-refractivity contribution in [3.05, 3.63) is 68.9 Å². The van der Waals surface area contributed by atoms with Gasteiger partial charge in [0.15, 0.2) is 10.4 Å². The van der Waals surface area contributed by atoms with Crippen molar-refractivity contribution in [2.24, 2.45) is 0 Å². The average molecular weight is 477 g/mol. The molecule has 0 aliphatic carbocycles. The van der Waals surface area contributed by atoms with Gasteiger partial charge in [0, 0.05) is 5.69 Å². The van der Waals surface area contributed by atoms with Crippen LogP contribution in [0.5, 0.6) is 0 Å². The largest absolute Gasteiger partial charge is 0.462 e. The highest BCUT2D eigenvalue weighted by atomic mass is 79.9. The van der Waals surface area contributed by atoms with Crippen LogP contribution < -0.4 is 10.6 Å². The smallest absolute Gasteiger partial charge is 0.341 e. The molecule has 0 bridgehead atoms. The first-order chi connectivity index (χ1) is 13.9. The predicted molar refractivity (Wildman–Crippen MR) is 114 cm³/mol. The fourth-order valence-corrected chi connectivity index (χ4v) is 3.97. The fourth-order valence-electron chi connectivity index (χ4n) is 2.58. The summed E-state index contributed by atoms with van der Waals surface area (Å²) in [5.41, 5.74) is 1.20. The maximum atomic E-state index is 12.7. The van der Waals surface area contributed by atoms with E-state index in [1.54, 1.807) is 44.2 Å². The summed E-state index contributed by atoms with van der Waals surface area (Å²) in [4.78, 5) is 38.0. The maximum Gasteiger partial charge on any atom is 0.341 e. The molecule has 0 radical (unpaired) electrons. The lowest BCUT2D eigenvalue weighted by Gasteiger charge is -2.06. The zero-order valence-electron chi connectivity index (χ0n) is 15.6. The number of esters is 1. The molecule has 2 N–H and O–H groups in total. The van der Waals surface area contributed by atoms with E-state index < -0.39 is 11.9 Å². The van der Waals surface area contributed by atoms with Crippen molar-refractivity contribution in [3.8, 4) is 0 Å². The zero-order chi connectivity index (χ0) is 21.0. The van der Waals surface area contributed by atoms with E-state index in [1.165, 1.54) is 6.07 Å². The third kappa shape index (κ3) is 4.75. The minimum absolute atomic E-state index is 0.0630. The first kappa shape index (κ1) is 20.8. The van der Waals surface area contributed by atoms with Gasteiger partial charge in [-0.05, 0) is 59.6 Å². The zero-order valence-corrected chi connectivity index (χ0v) is 18.0. The van der Waals surface area contributed by atoms with Crippen molar-refractivity contribution in [2.45, 2.75) is 13.8 Å². The lowest BCUT2D eigenvalue weighted by atomic mass is 10.1. The number of benzene rings is 1. The topological polar surface area (TPSA) is 97.6 Å². The first-order valence-corrected chi connectivity index (χ1v) is 10.2. The molecule has 0 unspecified atom stereocenters. The molecule has 2 amide bonds. The van der Waals surface area contributed by atoms with E-state index >= 15 is 0 Å². The molecule has 0 saturated heterocycles. The second-order valence-electron chi connectivity index (χ2n) is 5.86. The number of halogens is 1. The first-order valence-electron chi connectivity index (χ1n) is 8.64. The molecular formula is C20H17BrN2O5S. The number of nitrogens with one attached hydrogen (secondary N) is 2. The Morgan fingerprint density at radius 1 is 1.07 bits per heavy atom. The standard InChI is InChI=1S/C20H17BrN2O5S/c1-3-27-20(26)15-11(2)16(18(25)22-12-7-5-4-6-8-12)29-19(15)23-17(24)13-9-10-14(21)28-13/h4-10H,3H2,1-2H3,(H,22,25)(H,23,24). The van der Waals surface area contributed by atoms with Crippen LogP contribution in [0.3, 0.4) is 0 Å². The summed E-state index contributed by atoms with van der Waals surface area (Å²) in [6.07, 6.45) is 0. The minimum atomic E-state index is -0.615. The van der Waals surface area contributed by atoms with Crippen LogP contribution in [0.25, 0.3) is 0 Å². The molecule has 3 aromatic rings. The molecule has 2 heterocycles. The molecule has 9 heteroatoms. The van der Waals surface area contributed by atoms with Crippen molar-refractivity contribution < 1.29 is 23.5 Å². The van der Waals surface area contributed by atoms with E-state index in [9.17, 15) is 14.4 Å². The Morgan fingerprint density at radius 3 is 2.41 bits per heavy atom. The average Bonchev–Trinajstić information content (AvgIpc) is 3.26. The van der Waals surface area contributed by atoms with E-state index in [0.29, 0.717) is 20.8 Å². The Labute approximate surface area is 179 Å². The summed E-state index contributed by atoms with van der Waals surface area (Å²) in [7, 11) is 0. The van der Waals surface area contributed by atoms with Gasteiger partial charge < -0.3 is 19.8 Å². The van der Waals surface area contributed by atoms with Gasteiger partial charge in [0.05, 0.1) is 17.0 Å². The van der Waals surface area contributed by atoms with Crippen molar-refractivity contribution >= 4 is 55.7 Å². The number of furan rings is 1. The summed E-state index contributed by atoms with van der Waals surface area (Å²) in [6, 6.07) is 12.0. The molecule has 3 rings (SSSR count). The van der Waals surface area contributed by atoms with Crippen molar-refractivity contribution in [2.75, 3.05) is 17.2 Å². The van der Waals surface area contributed by atoms with Gasteiger partial charge in [-0.2, -0.15) is 0 Å². The highest BCUT2D eigenvalue weighted by molar-refractivity contribution is 9.10. The van der Waals surface area contributed by atoms with Crippen LogP contribution in [-0.4, -0.2) is 24.4 Å². The lowest BCUT2D eigenvalue weighted by Crippen LogP contribution is -2.14. The molecule has 29 heavy (non-hydrogen) atoms. The van der Waals surface area contributed by atoms with E-state index in [2.05, 4.69) is 26.6 Å². The van der Waals surface area contributed by atoms with Gasteiger partial charge in [0.25, 0.3) is 11.8 Å². The quantitative estimate of drug-likeness (QED) is 0.482. The number of carbonyl (C=O) groups is 3. The number of hydrogen-bond acceptors (Lipinski definition) is 6. The number of ether oxygens (including phenoxy) is 1. The molecule has 0 saturated carbocycles. The Balaban J connectivity index is 1.93. The molecule has 0 spiro atoms. The molecule has 150 valence electrons. The third-order valence-electron chi connectivity index (χ3n) is 3.89. The molecule has 7 nitrogen and oxygen atoms in total. The Morgan fingerprint density at radius 2 is 1.79 bits per heavy atom. The lowest BCUT2D eigenvalue weighted by molar-refractivity contribution is 0.0527. The fraction of sp³-hybridized carbons (Fsp3) is 0.150. The summed E-state index contributed by atoms with van der Waals surface area (Å²) in [5, 5.41) is 5.64. The van der Waals surface area contributed by atoms with Crippen LogP contribution >= 0.6 is 27.3 Å². The SMILES string of the molecule is CCOC(=O)c1c(NC(=O)c2ccc(Br)o2)sc(C(=O)Nc2ccccc2)c1C. The summed E-state index contributed by atoms with van der Waals surface area (Å²) >= 11 is 4.14. The number of rotatable bonds is 6. The highest BCUT2D eigenvalue weighted by Gasteiger charge is 2.27. The minimum Gasteiger partial charge on any atom is -0.462 e. The summed E-state index contributed by atoms with van der Waals surface area (Å²) in [5.74, 6) is -1.48. The number of amides is 2. The third-order valence-corrected chi connectivity index (χ3v) is 5.52. The molecule has 0 aliphatic rings. The van der Waals surface area contributed by atoms with Crippen LogP contribution in [0.2, 0.25) is 0 Å². The molecule has 2 aromatic heterocycles. The van der Waals surface area contributed by atoms with Gasteiger partial charge in [-0.3, -0.25) is 9.59 Å². The van der Waals surface area contributed by atoms with Crippen molar-refractivity contribution in [1.29, 1.82) is 0 Å². The Bertz CT molecular complexity index is 1060. The van der Waals surface area contributed by atoms with Crippen LogP contribution in [0.1, 0.15) is 43.1 Å². The normalized spacial score (nSPS) is 10.4. The molecular weight excluding hydrogens is 460 g/mol. The van der Waals surface area contributed by atoms with Crippen LogP contribution in [0.15, 0.2) is 51.6 Å². The van der Waals surface area contributed by atoms with Gasteiger partial charge in [0.1, 0.15) is 5.00 Å². The maximum absolute atomic E-state index is 12.7. The number of anilines is 2. The van der Waals surface area contributed by atoms with Crippen molar-refractivity contribution in [1.82, 2.24) is 0 Å². The van der Waals surface area contributed by atoms with Crippen LogP contribution in [0.4, 0.5) is 10.7 Å². The highest BCUT2D eigenvalue weighted by Crippen LogP contribution is 2.35. The number of hydrogen-bond donors (Lipinski definition) is 2. The molecule has 0 atom stereocenters.